The molecular weight excluding hydrogens is 615 g/mol. The second-order valence-corrected chi connectivity index (χ2v) is 13.9. The zero-order valence-corrected chi connectivity index (χ0v) is 28.8. The lowest BCUT2D eigenvalue weighted by Gasteiger charge is -2.36. The summed E-state index contributed by atoms with van der Waals surface area (Å²) in [6.45, 7) is 0. The molecule has 2 unspecified atom stereocenters. The monoisotopic (exact) mass is 655 g/mol. The van der Waals surface area contributed by atoms with Gasteiger partial charge in [0.2, 0.25) is 0 Å². The first kappa shape index (κ1) is 31.1. The van der Waals surface area contributed by atoms with Crippen LogP contribution in [0.25, 0.3) is 49.4 Å². The third kappa shape index (κ3) is 6.10. The SMILES string of the molecule is C1=CCC(c2ccc(N(c3ccc(-c4c5ccccc5cc5ccccc45)c(-c4ccccc4)c3)C3CC=C(c4ccccc4)CC3)cc2)C=C1. The highest BCUT2D eigenvalue weighted by Crippen LogP contribution is 2.45. The number of anilines is 2. The van der Waals surface area contributed by atoms with E-state index in [9.17, 15) is 0 Å². The molecule has 0 amide bonds. The lowest BCUT2D eigenvalue weighted by Crippen LogP contribution is -2.32. The fourth-order valence-electron chi connectivity index (χ4n) is 8.31. The number of allylic oxidation sites excluding steroid dienone is 5. The Bertz CT molecular complexity index is 2360. The topological polar surface area (TPSA) is 3.24 Å². The highest BCUT2D eigenvalue weighted by Gasteiger charge is 2.26. The van der Waals surface area contributed by atoms with Crippen molar-refractivity contribution in [3.05, 3.63) is 199 Å². The van der Waals surface area contributed by atoms with Crippen LogP contribution in [0, 0.1) is 0 Å². The highest BCUT2D eigenvalue weighted by atomic mass is 15.2. The molecule has 0 aliphatic heterocycles. The van der Waals surface area contributed by atoms with Crippen molar-refractivity contribution in [1.29, 1.82) is 0 Å². The fraction of sp³-hybridized carbons (Fsp3) is 0.120. The number of hydrogen-bond donors (Lipinski definition) is 0. The van der Waals surface area contributed by atoms with Gasteiger partial charge in [0.05, 0.1) is 0 Å². The van der Waals surface area contributed by atoms with Crippen molar-refractivity contribution in [2.45, 2.75) is 37.6 Å². The van der Waals surface area contributed by atoms with Gasteiger partial charge in [-0.1, -0.05) is 158 Å². The van der Waals surface area contributed by atoms with E-state index in [2.05, 4.69) is 193 Å². The summed E-state index contributed by atoms with van der Waals surface area (Å²) in [7, 11) is 0. The van der Waals surface area contributed by atoms with Crippen molar-refractivity contribution in [1.82, 2.24) is 0 Å². The molecule has 1 heteroatoms. The predicted molar refractivity (Wildman–Crippen MR) is 219 cm³/mol. The van der Waals surface area contributed by atoms with E-state index in [1.165, 1.54) is 71.9 Å². The summed E-state index contributed by atoms with van der Waals surface area (Å²) in [5.41, 5.74) is 11.7. The van der Waals surface area contributed by atoms with Crippen molar-refractivity contribution in [3.63, 3.8) is 0 Å². The zero-order chi connectivity index (χ0) is 34.0. The van der Waals surface area contributed by atoms with Gasteiger partial charge >= 0.3 is 0 Å². The number of benzene rings is 7. The second-order valence-electron chi connectivity index (χ2n) is 13.9. The Morgan fingerprint density at radius 2 is 1.16 bits per heavy atom. The lowest BCUT2D eigenvalue weighted by atomic mass is 9.86. The van der Waals surface area contributed by atoms with Gasteiger partial charge in [-0.25, -0.2) is 0 Å². The summed E-state index contributed by atoms with van der Waals surface area (Å²) in [5.74, 6) is 0.433. The Morgan fingerprint density at radius 3 is 1.80 bits per heavy atom. The number of fused-ring (bicyclic) bond motifs is 2. The summed E-state index contributed by atoms with van der Waals surface area (Å²) < 4.78 is 0. The smallest absolute Gasteiger partial charge is 0.0420 e. The molecule has 0 spiro atoms. The highest BCUT2D eigenvalue weighted by molar-refractivity contribution is 6.14. The minimum atomic E-state index is 0.341. The van der Waals surface area contributed by atoms with E-state index in [0.717, 1.165) is 25.7 Å². The Morgan fingerprint density at radius 1 is 0.510 bits per heavy atom. The van der Waals surface area contributed by atoms with Crippen LogP contribution < -0.4 is 4.90 Å². The van der Waals surface area contributed by atoms with E-state index in [0.29, 0.717) is 12.0 Å². The third-order valence-electron chi connectivity index (χ3n) is 10.9. The van der Waals surface area contributed by atoms with E-state index >= 15 is 0 Å². The van der Waals surface area contributed by atoms with Gasteiger partial charge in [-0.15, -0.1) is 0 Å². The molecule has 246 valence electrons. The summed E-state index contributed by atoms with van der Waals surface area (Å²) in [6.07, 6.45) is 15.6. The van der Waals surface area contributed by atoms with Gasteiger partial charge in [-0.3, -0.25) is 0 Å². The minimum absolute atomic E-state index is 0.341. The van der Waals surface area contributed by atoms with E-state index in [1.54, 1.807) is 0 Å². The molecule has 0 aromatic heterocycles. The fourth-order valence-corrected chi connectivity index (χ4v) is 8.31. The standard InChI is InChI=1S/C50H41N/c1-4-14-36(15-5-1)38-24-28-43(29-25-38)51(44-30-26-39(27-31-44)37-16-6-2-7-17-37)45-32-33-48(49(35-45)40-18-8-3-9-19-40)50-46-22-12-10-20-41(46)34-42-21-11-13-23-47(42)50/h1-16,18-24,26-27,30-35,37,43H,17,25,28-29H2. The molecule has 0 saturated carbocycles. The molecule has 0 heterocycles. The largest absolute Gasteiger partial charge is 0.338 e. The quantitative estimate of drug-likeness (QED) is 0.154. The van der Waals surface area contributed by atoms with E-state index in [-0.39, 0.29) is 0 Å². The van der Waals surface area contributed by atoms with Crippen molar-refractivity contribution < 1.29 is 0 Å². The van der Waals surface area contributed by atoms with Gasteiger partial charge in [-0.2, -0.15) is 0 Å². The number of rotatable bonds is 7. The average molecular weight is 656 g/mol. The van der Waals surface area contributed by atoms with Crippen molar-refractivity contribution in [2.75, 3.05) is 4.90 Å². The molecule has 2 aliphatic carbocycles. The molecule has 9 rings (SSSR count). The summed E-state index contributed by atoms with van der Waals surface area (Å²) in [6, 6.07) is 58.8. The molecule has 7 aromatic rings. The first-order valence-corrected chi connectivity index (χ1v) is 18.4. The van der Waals surface area contributed by atoms with Crippen molar-refractivity contribution in [2.24, 2.45) is 0 Å². The molecule has 0 fully saturated rings. The van der Waals surface area contributed by atoms with Crippen LogP contribution in [0.15, 0.2) is 188 Å². The molecule has 0 radical (unpaired) electrons. The van der Waals surface area contributed by atoms with Gasteiger partial charge < -0.3 is 4.90 Å². The molecule has 7 aromatic carbocycles. The number of hydrogen-bond acceptors (Lipinski definition) is 1. The maximum absolute atomic E-state index is 2.62. The van der Waals surface area contributed by atoms with Crippen LogP contribution >= 0.6 is 0 Å². The molecule has 0 N–H and O–H groups in total. The predicted octanol–water partition coefficient (Wildman–Crippen LogP) is 13.7. The van der Waals surface area contributed by atoms with E-state index in [4.69, 9.17) is 0 Å². The second kappa shape index (κ2) is 13.8. The normalized spacial score (nSPS) is 17.1. The summed E-state index contributed by atoms with van der Waals surface area (Å²) >= 11 is 0. The van der Waals surface area contributed by atoms with Crippen molar-refractivity contribution in [3.8, 4) is 22.3 Å². The maximum atomic E-state index is 2.62. The molecular formula is C50H41N. The summed E-state index contributed by atoms with van der Waals surface area (Å²) in [4.78, 5) is 2.62. The van der Waals surface area contributed by atoms with Crippen LogP contribution in [0.1, 0.15) is 42.7 Å². The van der Waals surface area contributed by atoms with Gasteiger partial charge in [0, 0.05) is 23.3 Å². The molecule has 1 nitrogen and oxygen atoms in total. The molecule has 0 bridgehead atoms. The van der Waals surface area contributed by atoms with Crippen LogP contribution in [0.5, 0.6) is 0 Å². The third-order valence-corrected chi connectivity index (χ3v) is 10.9. The summed E-state index contributed by atoms with van der Waals surface area (Å²) in [5, 5.41) is 5.10. The Hall–Kier alpha value is -5.92. The van der Waals surface area contributed by atoms with Crippen molar-refractivity contribution >= 4 is 38.5 Å². The first-order valence-electron chi connectivity index (χ1n) is 18.4. The first-order chi connectivity index (χ1) is 25.3. The van der Waals surface area contributed by atoms with Gasteiger partial charge in [0.15, 0.2) is 0 Å². The Balaban J connectivity index is 1.20. The van der Waals surface area contributed by atoms with Crippen LogP contribution in [0.3, 0.4) is 0 Å². The average Bonchev–Trinajstić information content (AvgIpc) is 3.21. The zero-order valence-electron chi connectivity index (χ0n) is 28.8. The lowest BCUT2D eigenvalue weighted by molar-refractivity contribution is 0.598. The Labute approximate surface area is 301 Å². The molecule has 0 saturated heterocycles. The van der Waals surface area contributed by atoms with Crippen LogP contribution in [-0.4, -0.2) is 6.04 Å². The minimum Gasteiger partial charge on any atom is -0.338 e. The Kier molecular flexibility index (Phi) is 8.39. The van der Waals surface area contributed by atoms with Crippen LogP contribution in [0.2, 0.25) is 0 Å². The van der Waals surface area contributed by atoms with E-state index < -0.39 is 0 Å². The van der Waals surface area contributed by atoms with Gasteiger partial charge in [0.25, 0.3) is 0 Å². The van der Waals surface area contributed by atoms with Crippen LogP contribution in [-0.2, 0) is 0 Å². The van der Waals surface area contributed by atoms with Gasteiger partial charge in [-0.05, 0) is 117 Å². The maximum Gasteiger partial charge on any atom is 0.0420 e. The molecule has 2 aliphatic rings. The molecule has 51 heavy (non-hydrogen) atoms. The number of nitrogens with zero attached hydrogens (tertiary/aromatic N) is 1. The van der Waals surface area contributed by atoms with Crippen LogP contribution in [0.4, 0.5) is 11.4 Å². The van der Waals surface area contributed by atoms with E-state index in [1.807, 2.05) is 0 Å². The molecule has 2 atom stereocenters. The van der Waals surface area contributed by atoms with Gasteiger partial charge in [0.1, 0.15) is 0 Å².